The number of allylic oxidation sites excluding steroid dienone is 12. The number of aromatic hydroxyl groups is 2. The van der Waals surface area contributed by atoms with E-state index < -0.39 is 125 Å². The highest BCUT2D eigenvalue weighted by Crippen LogP contribution is 2.48. The fraction of sp³-hybridized carbons (Fsp3) is 0.312. The molecule has 0 saturated carbocycles. The number of nitrogens with zero attached hydrogens (tertiary/aromatic N) is 9. The van der Waals surface area contributed by atoms with Crippen molar-refractivity contribution in [2.75, 3.05) is 26.9 Å². The highest BCUT2D eigenvalue weighted by Gasteiger charge is 2.59. The summed E-state index contributed by atoms with van der Waals surface area (Å²) >= 11 is 0. The molecule has 15 heterocycles. The van der Waals surface area contributed by atoms with Crippen molar-refractivity contribution in [3.05, 3.63) is 275 Å². The molecule has 0 radical (unpaired) electrons. The molecule has 3 aromatic carbocycles. The van der Waals surface area contributed by atoms with Gasteiger partial charge in [-0.25, -0.2) is 29.4 Å². The van der Waals surface area contributed by atoms with Crippen molar-refractivity contribution in [1.29, 1.82) is 0 Å². The van der Waals surface area contributed by atoms with E-state index >= 15 is 0 Å². The maximum Gasteiger partial charge on any atom is 0.353 e. The number of hydrogen-bond acceptors (Lipinski definition) is 24. The van der Waals surface area contributed by atoms with Gasteiger partial charge < -0.3 is 76.9 Å². The zero-order chi connectivity index (χ0) is 74.9. The minimum absolute atomic E-state index is 0.0247. The van der Waals surface area contributed by atoms with Gasteiger partial charge in [-0.3, -0.25) is 23.5 Å². The van der Waals surface area contributed by atoms with Crippen LogP contribution in [-0.2, 0) is 42.6 Å². The first kappa shape index (κ1) is 69.2. The van der Waals surface area contributed by atoms with Crippen LogP contribution in [0.15, 0.2) is 240 Å². The van der Waals surface area contributed by atoms with E-state index in [0.717, 1.165) is 50.4 Å². The zero-order valence-corrected chi connectivity index (χ0v) is 59.8. The topological polar surface area (TPSA) is 332 Å². The van der Waals surface area contributed by atoms with E-state index in [9.17, 15) is 29.4 Å². The van der Waals surface area contributed by atoms with Crippen molar-refractivity contribution in [3.63, 3.8) is 0 Å². The van der Waals surface area contributed by atoms with Crippen LogP contribution in [0, 0.1) is 0 Å². The number of fused-ring (bicyclic) bond motifs is 8. The summed E-state index contributed by atoms with van der Waals surface area (Å²) in [5.41, 5.74) is 8.98. The first-order valence-corrected chi connectivity index (χ1v) is 35.7. The van der Waals surface area contributed by atoms with Gasteiger partial charge in [0.15, 0.2) is 36.0 Å². The molecule has 109 heavy (non-hydrogen) atoms. The highest BCUT2D eigenvalue weighted by atomic mass is 16.8. The van der Waals surface area contributed by atoms with Crippen molar-refractivity contribution >= 4 is 39.4 Å². The molecule has 18 rings (SSSR count). The number of aromatic amines is 2. The number of nitrogens with one attached hydrogen (secondary N) is 2. The smallest absolute Gasteiger partial charge is 0.353 e. The van der Waals surface area contributed by atoms with E-state index in [4.69, 9.17) is 71.8 Å². The van der Waals surface area contributed by atoms with Crippen LogP contribution < -0.4 is 36.8 Å². The van der Waals surface area contributed by atoms with Gasteiger partial charge in [-0.15, -0.1) is 0 Å². The Morgan fingerprint density at radius 1 is 0.413 bits per heavy atom. The van der Waals surface area contributed by atoms with Crippen molar-refractivity contribution in [2.24, 2.45) is 15.0 Å². The Labute approximate surface area is 620 Å². The van der Waals surface area contributed by atoms with E-state index in [0.29, 0.717) is 57.0 Å². The van der Waals surface area contributed by atoms with Crippen molar-refractivity contribution in [3.8, 4) is 29.0 Å². The summed E-state index contributed by atoms with van der Waals surface area (Å²) in [6.07, 6.45) is 15.7. The van der Waals surface area contributed by atoms with Crippen molar-refractivity contribution < 1.29 is 67.1 Å². The summed E-state index contributed by atoms with van der Waals surface area (Å²) in [7, 11) is 1.97. The number of rotatable bonds is 15. The standard InChI is InChI=1S/C80H73N11O18/c1-78(2)104-66-56(101-72(69(66)107-78)89-35-30-59(92)85-75(89)95)38-98-45-14-8-41(9-15-45)62-48-20-22-50(81-48)63(42-10-16-46(17-11-42)99-39-57-67-70(108-79(3,4)105-67)73(102-57)90-36-31-60(93)86-76(90)96)52-24-26-54(83-52)65(44-28-33-88(7)34-29-44)55-27-25-53(84-55)64(51-23-21-49(62)82-51)43-12-18-47(19-13-43)100-40-58-68-71(109-80(5,6)106-68)74(103-58)91-37-32-61(94)87-77(91)97/h8-37,56-58,66-74,83H,38-40H2,1-7H3,(H,85,92,95)(H,86,93,96)(H,87,94,97)/t56-,57-,58-,66-,67-,68-,69-,70-,71-,72-,73-,74-/m1/s1. The lowest BCUT2D eigenvalue weighted by atomic mass is 9.98. The minimum Gasteiger partial charge on any atom is -0.493 e. The second-order valence-corrected chi connectivity index (χ2v) is 29.0. The second-order valence-electron chi connectivity index (χ2n) is 29.0. The molecule has 11 aliphatic rings. The molecule has 4 N–H and O–H groups in total. The maximum absolute atomic E-state index is 13.1. The first-order valence-electron chi connectivity index (χ1n) is 35.7. The van der Waals surface area contributed by atoms with Gasteiger partial charge in [0.2, 0.25) is 11.8 Å². The number of aromatic nitrogens is 7. The molecule has 29 nitrogen and oxygen atoms in total. The molecule has 7 aromatic rings. The van der Waals surface area contributed by atoms with Crippen LogP contribution >= 0.6 is 0 Å². The van der Waals surface area contributed by atoms with Gasteiger partial charge in [-0.2, -0.15) is 9.97 Å². The molecule has 8 bridgehead atoms. The third-order valence-corrected chi connectivity index (χ3v) is 20.3. The van der Waals surface area contributed by atoms with Crippen LogP contribution in [-0.4, -0.2) is 165 Å². The molecule has 0 amide bonds. The van der Waals surface area contributed by atoms with Crippen molar-refractivity contribution in [1.82, 2.24) is 38.5 Å². The molecule has 11 aliphatic heterocycles. The molecule has 556 valence electrons. The lowest BCUT2D eigenvalue weighted by Crippen LogP contribution is -2.37. The fourth-order valence-corrected chi connectivity index (χ4v) is 15.6. The van der Waals surface area contributed by atoms with Crippen molar-refractivity contribution in [2.45, 2.75) is 133 Å². The Kier molecular flexibility index (Phi) is 17.0. The Morgan fingerprint density at radius 3 is 1.17 bits per heavy atom. The average Bonchev–Trinajstić information content (AvgIpc) is 1.62. The average molecular weight is 1480 g/mol. The van der Waals surface area contributed by atoms with E-state index in [1.165, 1.54) is 50.5 Å². The van der Waals surface area contributed by atoms with Gasteiger partial charge in [-0.05, 0) is 161 Å². The van der Waals surface area contributed by atoms with Gasteiger partial charge in [0.05, 0.1) is 34.2 Å². The fourth-order valence-electron chi connectivity index (χ4n) is 15.6. The van der Waals surface area contributed by atoms with Crippen LogP contribution in [0.1, 0.15) is 88.3 Å². The summed E-state index contributed by atoms with van der Waals surface area (Å²) in [5, 5.41) is 19.9. The molecular formula is C80H73N11O18. The lowest BCUT2D eigenvalue weighted by molar-refractivity contribution is -0.200. The molecule has 6 saturated heterocycles. The third-order valence-electron chi connectivity index (χ3n) is 20.3. The number of H-pyrrole nitrogens is 2. The molecule has 4 aromatic heterocycles. The van der Waals surface area contributed by atoms with Crippen LogP contribution in [0.2, 0.25) is 0 Å². The molecular weight excluding hydrogens is 1400 g/mol. The maximum atomic E-state index is 13.1. The van der Waals surface area contributed by atoms with Gasteiger partial charge in [0.25, 0.3) is 5.56 Å². The minimum atomic E-state index is -0.994. The Morgan fingerprint density at radius 2 is 0.771 bits per heavy atom. The number of ether oxygens (including phenoxy) is 12. The summed E-state index contributed by atoms with van der Waals surface area (Å²) in [6, 6.07) is 30.9. The summed E-state index contributed by atoms with van der Waals surface area (Å²) in [5.74, 6) is -2.21. The summed E-state index contributed by atoms with van der Waals surface area (Å²) in [6.45, 7) is 10.9. The molecule has 29 heteroatoms. The normalized spacial score (nSPS) is 27.8. The van der Waals surface area contributed by atoms with Crippen LogP contribution in [0.4, 0.5) is 0 Å². The summed E-state index contributed by atoms with van der Waals surface area (Å²) in [4.78, 5) is 83.3. The lowest BCUT2D eigenvalue weighted by Gasteiger charge is -2.25. The Bertz CT molecular complexity index is 5530. The van der Waals surface area contributed by atoms with Gasteiger partial charge in [0.1, 0.15) is 92.0 Å². The number of benzene rings is 3. The predicted molar refractivity (Wildman–Crippen MR) is 394 cm³/mol. The second kappa shape index (κ2) is 26.7. The summed E-state index contributed by atoms with van der Waals surface area (Å²) < 4.78 is 80.5. The molecule has 0 aliphatic carbocycles. The Balaban J connectivity index is 0.701. The molecule has 6 fully saturated rings. The molecule has 12 atom stereocenters. The predicted octanol–water partition coefficient (Wildman–Crippen LogP) is 8.23. The SMILES string of the molecule is CN1C=CC(=C2C3=NC(=C(c4ccc(OC[C@H]5O[C@@H](n6ccc(O)nc6=O)[C@@H]6OC(C)(C)O[C@@H]65)cc4)C4=NC(=C(c5ccc(OC[C@H]6O[C@@H](n7ccc(=O)[nH]c7=O)[C@@H]7OC(C)(C)O[C@@H]76)cc5)C5=NC(=C(c6ccc(OC[C@H]7O[C@@H](n8ccc(O)nc8=O)[C@@H]8OC(C)(C)O[C@@H]87)cc6)c6ccc2[nH]6)C=C5)C=C4)C=C3)C=C1. The van der Waals surface area contributed by atoms with Gasteiger partial charge in [-0.1, -0.05) is 36.4 Å². The molecule has 0 spiro atoms. The van der Waals surface area contributed by atoms with E-state index in [1.807, 2.05) is 146 Å². The third kappa shape index (κ3) is 13.1. The van der Waals surface area contributed by atoms with E-state index in [1.54, 1.807) is 41.5 Å². The molecule has 0 unspecified atom stereocenters. The van der Waals surface area contributed by atoms with Gasteiger partial charge >= 0.3 is 17.1 Å². The van der Waals surface area contributed by atoms with Crippen LogP contribution in [0.25, 0.3) is 22.3 Å². The monoisotopic (exact) mass is 1480 g/mol. The number of hydrogen-bond donors (Lipinski definition) is 4. The van der Waals surface area contributed by atoms with Gasteiger partial charge in [0, 0.05) is 89.9 Å². The van der Waals surface area contributed by atoms with Crippen LogP contribution in [0.5, 0.6) is 29.0 Å². The first-order chi connectivity index (χ1) is 52.5. The van der Waals surface area contributed by atoms with E-state index in [2.05, 4.69) is 32.1 Å². The largest absolute Gasteiger partial charge is 0.493 e. The Hall–Kier alpha value is -11.5. The van der Waals surface area contributed by atoms with Crippen LogP contribution in [0.3, 0.4) is 0 Å². The highest BCUT2D eigenvalue weighted by molar-refractivity contribution is 6.37. The van der Waals surface area contributed by atoms with E-state index in [-0.39, 0.29) is 19.8 Å². The zero-order valence-electron chi connectivity index (χ0n) is 59.8. The number of aliphatic imine (C=N–C) groups is 3. The quantitative estimate of drug-likeness (QED) is 0.0750.